The van der Waals surface area contributed by atoms with Gasteiger partial charge in [0.2, 0.25) is 0 Å². The summed E-state index contributed by atoms with van der Waals surface area (Å²) in [7, 11) is 0. The Morgan fingerprint density at radius 1 is 1.56 bits per heavy atom. The first kappa shape index (κ1) is 12.6. The summed E-state index contributed by atoms with van der Waals surface area (Å²) < 4.78 is 0. The number of aliphatic carboxylic acids is 1. The van der Waals surface area contributed by atoms with E-state index in [0.717, 1.165) is 16.8 Å². The van der Waals surface area contributed by atoms with Crippen LogP contribution in [0.1, 0.15) is 12.5 Å². The highest BCUT2D eigenvalue weighted by Gasteiger charge is 2.00. The molecule has 1 aromatic rings. The second-order valence-corrected chi connectivity index (χ2v) is 4.08. The molecule has 0 radical (unpaired) electrons. The molecule has 0 aromatic heterocycles. The average molecular weight is 240 g/mol. The molecule has 0 amide bonds. The molecule has 4 heteroatoms. The fraction of sp³-hybridized carbons (Fsp3) is 0.250. The number of rotatable bonds is 4. The standard InChI is InChI=1S/C12H14ClNO2/c1-8(5-12(15)16)7-14-11-6-10(13)4-3-9(11)2/h3-6,14H,7H2,1-2H3,(H,15,16)/b8-5-. The molecule has 2 N–H and O–H groups in total. The van der Waals surface area contributed by atoms with E-state index >= 15 is 0 Å². The van der Waals surface area contributed by atoms with Gasteiger partial charge in [0.25, 0.3) is 0 Å². The topological polar surface area (TPSA) is 49.3 Å². The molecule has 1 rings (SSSR count). The summed E-state index contributed by atoms with van der Waals surface area (Å²) in [6, 6.07) is 5.56. The van der Waals surface area contributed by atoms with E-state index in [1.807, 2.05) is 25.1 Å². The molecule has 0 saturated heterocycles. The number of nitrogens with one attached hydrogen (secondary N) is 1. The minimum Gasteiger partial charge on any atom is -0.478 e. The summed E-state index contributed by atoms with van der Waals surface area (Å²) in [5.74, 6) is -0.929. The van der Waals surface area contributed by atoms with E-state index in [1.165, 1.54) is 6.08 Å². The Morgan fingerprint density at radius 2 is 2.25 bits per heavy atom. The first-order valence-corrected chi connectivity index (χ1v) is 5.27. The van der Waals surface area contributed by atoms with Crippen LogP contribution < -0.4 is 5.32 Å². The molecular formula is C12H14ClNO2. The lowest BCUT2D eigenvalue weighted by Gasteiger charge is -2.09. The number of aryl methyl sites for hydroxylation is 1. The van der Waals surface area contributed by atoms with Gasteiger partial charge >= 0.3 is 5.97 Å². The van der Waals surface area contributed by atoms with Gasteiger partial charge in [-0.1, -0.05) is 17.7 Å². The zero-order valence-corrected chi connectivity index (χ0v) is 10.0. The molecule has 0 heterocycles. The van der Waals surface area contributed by atoms with Crippen molar-refractivity contribution in [1.82, 2.24) is 0 Å². The third kappa shape index (κ3) is 3.95. The molecule has 16 heavy (non-hydrogen) atoms. The van der Waals surface area contributed by atoms with E-state index in [1.54, 1.807) is 6.92 Å². The van der Waals surface area contributed by atoms with Crippen molar-refractivity contribution in [2.75, 3.05) is 11.9 Å². The van der Waals surface area contributed by atoms with Crippen molar-refractivity contribution < 1.29 is 9.90 Å². The highest BCUT2D eigenvalue weighted by Crippen LogP contribution is 2.20. The van der Waals surface area contributed by atoms with Gasteiger partial charge in [0.05, 0.1) is 0 Å². The smallest absolute Gasteiger partial charge is 0.328 e. The SMILES string of the molecule is C/C(=C/C(=O)O)CNc1cc(Cl)ccc1C. The van der Waals surface area contributed by atoms with Crippen molar-refractivity contribution in [3.63, 3.8) is 0 Å². The maximum atomic E-state index is 10.4. The van der Waals surface area contributed by atoms with Gasteiger partial charge in [0.1, 0.15) is 0 Å². The monoisotopic (exact) mass is 239 g/mol. The fourth-order valence-corrected chi connectivity index (χ4v) is 1.45. The number of hydrogen-bond acceptors (Lipinski definition) is 2. The average Bonchev–Trinajstić information content (AvgIpc) is 2.18. The van der Waals surface area contributed by atoms with E-state index < -0.39 is 5.97 Å². The number of carboxylic acids is 1. The van der Waals surface area contributed by atoms with Gasteiger partial charge in [-0.05, 0) is 37.1 Å². The minimum atomic E-state index is -0.929. The molecule has 0 atom stereocenters. The van der Waals surface area contributed by atoms with Gasteiger partial charge in [0, 0.05) is 23.3 Å². The van der Waals surface area contributed by atoms with E-state index in [2.05, 4.69) is 5.32 Å². The largest absolute Gasteiger partial charge is 0.478 e. The molecule has 0 unspecified atom stereocenters. The Balaban J connectivity index is 2.68. The van der Waals surface area contributed by atoms with Crippen LogP contribution in [0.4, 0.5) is 5.69 Å². The molecule has 0 aliphatic heterocycles. The third-order valence-electron chi connectivity index (χ3n) is 2.13. The zero-order valence-electron chi connectivity index (χ0n) is 9.25. The lowest BCUT2D eigenvalue weighted by molar-refractivity contribution is -0.131. The first-order valence-electron chi connectivity index (χ1n) is 4.89. The summed E-state index contributed by atoms with van der Waals surface area (Å²) in [4.78, 5) is 10.4. The maximum absolute atomic E-state index is 10.4. The molecule has 0 aliphatic carbocycles. The van der Waals surface area contributed by atoms with Crippen molar-refractivity contribution >= 4 is 23.3 Å². The molecule has 0 saturated carbocycles. The second-order valence-electron chi connectivity index (χ2n) is 3.64. The highest BCUT2D eigenvalue weighted by atomic mass is 35.5. The predicted molar refractivity (Wildman–Crippen MR) is 66.1 cm³/mol. The predicted octanol–water partition coefficient (Wildman–Crippen LogP) is 3.09. The van der Waals surface area contributed by atoms with Crippen LogP contribution in [0.5, 0.6) is 0 Å². The van der Waals surface area contributed by atoms with Crippen LogP contribution in [-0.2, 0) is 4.79 Å². The Kier molecular flexibility index (Phi) is 4.38. The normalized spacial score (nSPS) is 11.3. The number of benzene rings is 1. The van der Waals surface area contributed by atoms with Gasteiger partial charge < -0.3 is 10.4 Å². The van der Waals surface area contributed by atoms with Crippen molar-refractivity contribution in [2.24, 2.45) is 0 Å². The van der Waals surface area contributed by atoms with E-state index in [0.29, 0.717) is 11.6 Å². The van der Waals surface area contributed by atoms with Gasteiger partial charge in [-0.25, -0.2) is 4.79 Å². The van der Waals surface area contributed by atoms with Crippen LogP contribution in [-0.4, -0.2) is 17.6 Å². The first-order chi connectivity index (χ1) is 7.49. The fourth-order valence-electron chi connectivity index (χ4n) is 1.28. The number of hydrogen-bond donors (Lipinski definition) is 2. The summed E-state index contributed by atoms with van der Waals surface area (Å²) in [5, 5.41) is 12.4. The van der Waals surface area contributed by atoms with E-state index in [4.69, 9.17) is 16.7 Å². The Morgan fingerprint density at radius 3 is 2.88 bits per heavy atom. The molecule has 1 aromatic carbocycles. The number of halogens is 1. The Hall–Kier alpha value is -1.48. The number of anilines is 1. The molecule has 0 aliphatic rings. The number of carbonyl (C=O) groups is 1. The van der Waals surface area contributed by atoms with Crippen molar-refractivity contribution in [3.8, 4) is 0 Å². The van der Waals surface area contributed by atoms with Crippen molar-refractivity contribution in [3.05, 3.63) is 40.4 Å². The summed E-state index contributed by atoms with van der Waals surface area (Å²) in [6.45, 7) is 4.23. The molecule has 86 valence electrons. The van der Waals surface area contributed by atoms with E-state index in [-0.39, 0.29) is 0 Å². The lowest BCUT2D eigenvalue weighted by atomic mass is 10.2. The van der Waals surface area contributed by atoms with Crippen LogP contribution >= 0.6 is 11.6 Å². The van der Waals surface area contributed by atoms with E-state index in [9.17, 15) is 4.79 Å². The number of carboxylic acid groups (broad SMARTS) is 1. The highest BCUT2D eigenvalue weighted by molar-refractivity contribution is 6.30. The van der Waals surface area contributed by atoms with Gasteiger partial charge in [0.15, 0.2) is 0 Å². The lowest BCUT2D eigenvalue weighted by Crippen LogP contribution is -2.05. The Labute approximate surface area is 99.7 Å². The van der Waals surface area contributed by atoms with Crippen LogP contribution in [0, 0.1) is 6.92 Å². The van der Waals surface area contributed by atoms with Crippen molar-refractivity contribution in [2.45, 2.75) is 13.8 Å². The molecule has 0 bridgehead atoms. The van der Waals surface area contributed by atoms with Gasteiger partial charge in [-0.2, -0.15) is 0 Å². The third-order valence-corrected chi connectivity index (χ3v) is 2.36. The molecule has 0 spiro atoms. The molecule has 0 fully saturated rings. The van der Waals surface area contributed by atoms with Crippen LogP contribution in [0.15, 0.2) is 29.8 Å². The molecular weight excluding hydrogens is 226 g/mol. The maximum Gasteiger partial charge on any atom is 0.328 e. The quantitative estimate of drug-likeness (QED) is 0.794. The van der Waals surface area contributed by atoms with Gasteiger partial charge in [-0.15, -0.1) is 0 Å². The zero-order chi connectivity index (χ0) is 12.1. The second kappa shape index (κ2) is 5.56. The Bertz CT molecular complexity index is 427. The van der Waals surface area contributed by atoms with Crippen LogP contribution in [0.3, 0.4) is 0 Å². The summed E-state index contributed by atoms with van der Waals surface area (Å²) in [5.41, 5.74) is 2.75. The van der Waals surface area contributed by atoms with Crippen LogP contribution in [0.2, 0.25) is 5.02 Å². The summed E-state index contributed by atoms with van der Waals surface area (Å²) in [6.07, 6.45) is 1.19. The molecule has 3 nitrogen and oxygen atoms in total. The van der Waals surface area contributed by atoms with Crippen molar-refractivity contribution in [1.29, 1.82) is 0 Å². The van der Waals surface area contributed by atoms with Crippen LogP contribution in [0.25, 0.3) is 0 Å². The summed E-state index contributed by atoms with van der Waals surface area (Å²) >= 11 is 5.87. The minimum absolute atomic E-state index is 0.494. The van der Waals surface area contributed by atoms with Gasteiger partial charge in [-0.3, -0.25) is 0 Å².